The number of likely N-dealkylation sites (N-methyl/N-ethyl adjacent to an activating group) is 4. The molecule has 12 rings (SSSR count). The van der Waals surface area contributed by atoms with Crippen molar-refractivity contribution in [3.8, 4) is 0 Å². The van der Waals surface area contributed by atoms with Gasteiger partial charge in [-0.25, -0.2) is 50.7 Å². The van der Waals surface area contributed by atoms with E-state index >= 15 is 0 Å². The van der Waals surface area contributed by atoms with Crippen LogP contribution in [0.15, 0.2) is 158 Å². The predicted molar refractivity (Wildman–Crippen MR) is 378 cm³/mol. The molecule has 4 aliphatic heterocycles. The van der Waals surface area contributed by atoms with Crippen molar-refractivity contribution in [2.45, 2.75) is 133 Å². The Bertz CT molecular complexity index is 4510. The number of alkyl halides is 6. The van der Waals surface area contributed by atoms with Crippen LogP contribution in [0.1, 0.15) is 138 Å². The Hall–Kier alpha value is -11.8. The van der Waals surface area contributed by atoms with Gasteiger partial charge >= 0.3 is 18.2 Å². The van der Waals surface area contributed by atoms with Crippen LogP contribution in [0.2, 0.25) is 0 Å². The molecule has 4 atom stereocenters. The first-order valence-electron chi connectivity index (χ1n) is 33.1. The van der Waals surface area contributed by atoms with Gasteiger partial charge in [0.1, 0.15) is 41.0 Å². The Balaban J connectivity index is 0.000000171. The maximum atomic E-state index is 14.8. The molecular formula is C74H80F6N14O12. The zero-order chi connectivity index (χ0) is 77.8. The van der Waals surface area contributed by atoms with Crippen molar-refractivity contribution in [2.24, 2.45) is 5.73 Å². The lowest BCUT2D eigenvalue weighted by Crippen LogP contribution is -2.49. The summed E-state index contributed by atoms with van der Waals surface area (Å²) < 4.78 is 96.3. The smallest absolute Gasteiger partial charge is 0.408 e. The first kappa shape index (κ1) is 79.9. The first-order chi connectivity index (χ1) is 49.7. The van der Waals surface area contributed by atoms with Gasteiger partial charge in [-0.2, -0.15) is 0 Å². The van der Waals surface area contributed by atoms with Crippen LogP contribution in [0.4, 0.5) is 58.7 Å². The summed E-state index contributed by atoms with van der Waals surface area (Å²) in [5.41, 5.74) is 6.92. The molecule has 8 aromatic rings. The van der Waals surface area contributed by atoms with Crippen LogP contribution in [0, 0.1) is 0 Å². The van der Waals surface area contributed by atoms with Crippen LogP contribution in [0.5, 0.6) is 0 Å². The Morgan fingerprint density at radius 1 is 0.481 bits per heavy atom. The number of halogens is 6. The second-order valence-electron chi connectivity index (χ2n) is 26.9. The summed E-state index contributed by atoms with van der Waals surface area (Å²) in [6, 6.07) is 38.8. The number of Topliss-reactive ketones (excluding diaryl/α,β-unsaturated/α-hetero) is 1. The number of carbonyl (C=O) groups is 9. The molecule has 7 amide bonds. The number of rotatable bonds is 9. The number of aromatic amines is 2. The largest absolute Gasteiger partial charge is 0.475 e. The molecule has 6 aromatic carbocycles. The van der Waals surface area contributed by atoms with Crippen molar-refractivity contribution in [1.29, 1.82) is 0 Å². The molecule has 0 saturated heterocycles. The van der Waals surface area contributed by atoms with E-state index in [9.17, 15) is 69.5 Å². The van der Waals surface area contributed by atoms with Crippen molar-refractivity contribution in [3.63, 3.8) is 0 Å². The molecule has 0 saturated carbocycles. The van der Waals surface area contributed by atoms with Gasteiger partial charge in [-0.15, -0.1) is 10.2 Å². The van der Waals surface area contributed by atoms with E-state index in [0.717, 1.165) is 20.9 Å². The molecule has 560 valence electrons. The Morgan fingerprint density at radius 3 is 1.25 bits per heavy atom. The molecule has 0 fully saturated rings. The standard InChI is InChI=1S/C21H19F2N5O2.C16H20F2N2O3.C16H20N2O4.C11H12F2N2O.C10H9N3O2/c1-28-16-10-6-5-9-14(16)21(22,23)12-15(20(28)30)24-19(29)18-25-17(26-27-18)11-13-7-3-2-4-8-13;1-15(2,3)23-14(22)19-11-9-16(17,18)10-7-5-6-8-12(10)20(4)13(11)21;1-16(2,3)22-15(21)17-11-9-13(19)10-7-5-6-8-12(10)18(4)14(11)20;1-15-9-5-3-2-4-7(9)11(12,13)6-8(14)10(15)16;14-10(15)9-11-8(12-13-9)6-7-4-2-1-3-5-7/h2-10,15H,11-12H2,1H3,(H,24,29)(H,25,26,27);5-8,11H,9H2,1-4H3,(H,19,22);5-8,11H,9H2,1-4H3,(H,17,21);2-5,8H,6,14H2,1H3;1-5H,6H2,(H,14,15)(H,11,12,13). The number of carboxylic acids is 1. The van der Waals surface area contributed by atoms with Crippen LogP contribution in [-0.4, -0.2) is 153 Å². The number of amides is 7. The van der Waals surface area contributed by atoms with Gasteiger partial charge in [0, 0.05) is 89.0 Å². The quantitative estimate of drug-likeness (QED) is 0.0660. The highest BCUT2D eigenvalue weighted by atomic mass is 19.3. The molecule has 6 heterocycles. The van der Waals surface area contributed by atoms with Crippen molar-refractivity contribution < 1.29 is 84.1 Å². The lowest BCUT2D eigenvalue weighted by Gasteiger charge is -2.24. The fourth-order valence-corrected chi connectivity index (χ4v) is 11.4. The zero-order valence-electron chi connectivity index (χ0n) is 59.4. The summed E-state index contributed by atoms with van der Waals surface area (Å²) in [4.78, 5) is 121. The number of anilines is 4. The van der Waals surface area contributed by atoms with Gasteiger partial charge in [-0.1, -0.05) is 127 Å². The third-order valence-electron chi connectivity index (χ3n) is 16.4. The Morgan fingerprint density at radius 2 is 0.821 bits per heavy atom. The van der Waals surface area contributed by atoms with Gasteiger partial charge in [0.25, 0.3) is 29.5 Å². The predicted octanol–water partition coefficient (Wildman–Crippen LogP) is 10.4. The molecule has 4 aliphatic rings. The van der Waals surface area contributed by atoms with E-state index in [2.05, 4.69) is 46.3 Å². The molecule has 8 N–H and O–H groups in total. The lowest BCUT2D eigenvalue weighted by atomic mass is 10.0. The molecule has 2 aromatic heterocycles. The molecule has 26 nitrogen and oxygen atoms in total. The maximum absolute atomic E-state index is 14.8. The molecular weight excluding hydrogens is 1390 g/mol. The zero-order valence-corrected chi connectivity index (χ0v) is 59.4. The van der Waals surface area contributed by atoms with Gasteiger partial charge < -0.3 is 55.9 Å². The topological polar surface area (TPSA) is 351 Å². The van der Waals surface area contributed by atoms with Crippen LogP contribution in [-0.2, 0) is 59.3 Å². The highest BCUT2D eigenvalue weighted by molar-refractivity contribution is 6.12. The number of nitrogens with two attached hydrogens (primary N) is 1. The number of nitrogens with zero attached hydrogens (tertiary/aromatic N) is 8. The number of carbonyl (C=O) groups excluding carboxylic acids is 8. The summed E-state index contributed by atoms with van der Waals surface area (Å²) in [5, 5.41) is 28.4. The molecule has 0 spiro atoms. The Kier molecular flexibility index (Phi) is 25.1. The van der Waals surface area contributed by atoms with Gasteiger partial charge in [-0.05, 0) is 83.0 Å². The van der Waals surface area contributed by atoms with Crippen molar-refractivity contribution in [2.75, 3.05) is 47.8 Å². The number of hydrogen-bond donors (Lipinski definition) is 7. The third-order valence-corrected chi connectivity index (χ3v) is 16.4. The van der Waals surface area contributed by atoms with Gasteiger partial charge in [0.15, 0.2) is 5.78 Å². The summed E-state index contributed by atoms with van der Waals surface area (Å²) in [6.45, 7) is 10.1. The minimum Gasteiger partial charge on any atom is -0.475 e. The number of carboxylic acid groups (broad SMARTS) is 1. The number of nitrogens with one attached hydrogen (secondary N) is 5. The van der Waals surface area contributed by atoms with Crippen molar-refractivity contribution >= 4 is 76.2 Å². The van der Waals surface area contributed by atoms with Crippen LogP contribution >= 0.6 is 0 Å². The molecule has 32 heteroatoms. The molecule has 0 bridgehead atoms. The number of alkyl carbamates (subject to hydrolysis) is 2. The fourth-order valence-electron chi connectivity index (χ4n) is 11.4. The van der Waals surface area contributed by atoms with E-state index in [1.807, 2.05) is 60.7 Å². The normalized spacial score (nSPS) is 18.4. The van der Waals surface area contributed by atoms with Crippen LogP contribution in [0.3, 0.4) is 0 Å². The minimum atomic E-state index is -3.29. The van der Waals surface area contributed by atoms with E-state index in [4.69, 9.17) is 20.3 Å². The number of aromatic carboxylic acids is 1. The van der Waals surface area contributed by atoms with E-state index < -0.39 is 114 Å². The van der Waals surface area contributed by atoms with E-state index in [0.29, 0.717) is 35.7 Å². The highest BCUT2D eigenvalue weighted by Crippen LogP contribution is 2.44. The summed E-state index contributed by atoms with van der Waals surface area (Å²) in [6.07, 6.45) is -3.01. The number of aromatic nitrogens is 6. The second kappa shape index (κ2) is 33.3. The third kappa shape index (κ3) is 20.5. The number of ketones is 1. The number of fused-ring (bicyclic) bond motifs is 4. The van der Waals surface area contributed by atoms with E-state index in [1.54, 1.807) is 91.1 Å². The summed E-state index contributed by atoms with van der Waals surface area (Å²) in [5.74, 6) is -13.1. The molecule has 0 radical (unpaired) electrons. The number of hydrogen-bond acceptors (Lipinski definition) is 16. The van der Waals surface area contributed by atoms with Gasteiger partial charge in [0.2, 0.25) is 29.5 Å². The van der Waals surface area contributed by atoms with Crippen LogP contribution < -0.4 is 41.3 Å². The average Bonchev–Trinajstić information content (AvgIpc) is 1.64. The molecule has 0 aliphatic carbocycles. The summed E-state index contributed by atoms with van der Waals surface area (Å²) in [7, 11) is 5.87. The average molecular weight is 1470 g/mol. The van der Waals surface area contributed by atoms with Gasteiger partial charge in [0.05, 0.1) is 28.8 Å². The van der Waals surface area contributed by atoms with Crippen molar-refractivity contribution in [1.82, 2.24) is 46.3 Å². The van der Waals surface area contributed by atoms with Gasteiger partial charge in [-0.3, -0.25) is 39.0 Å². The Labute approximate surface area is 605 Å². The molecule has 4 unspecified atom stereocenters. The maximum Gasteiger partial charge on any atom is 0.408 e. The van der Waals surface area contributed by atoms with E-state index in [-0.39, 0.29) is 63.5 Å². The van der Waals surface area contributed by atoms with Crippen molar-refractivity contribution in [3.05, 3.63) is 214 Å². The second-order valence-corrected chi connectivity index (χ2v) is 26.9. The first-order valence-corrected chi connectivity index (χ1v) is 33.1. The fraction of sp³-hybridized carbons (Fsp3) is 0.338. The minimum absolute atomic E-state index is 0.0839. The number of H-pyrrole nitrogens is 2. The lowest BCUT2D eigenvalue weighted by molar-refractivity contribution is -0.123. The highest BCUT2D eigenvalue weighted by Gasteiger charge is 2.48. The van der Waals surface area contributed by atoms with E-state index in [1.165, 1.54) is 85.5 Å². The number of benzene rings is 6. The number of para-hydroxylation sites is 4. The SMILES string of the molecule is CN1C(=O)C(N)CC(F)(F)c2ccccc21.CN1C(=O)C(NC(=O)OC(C)(C)C)CC(=O)c2ccccc21.CN1C(=O)C(NC(=O)OC(C)(C)C)CC(F)(F)c2ccccc21.CN1C(=O)C(NC(=O)c2n[nH]c(Cc3ccccc3)n2)CC(F)(F)c2ccccc21.O=C(O)c1n[nH]c(Cc2ccccc2)n1. The van der Waals surface area contributed by atoms with Crippen LogP contribution in [0.25, 0.3) is 0 Å². The monoisotopic (exact) mass is 1470 g/mol. The molecule has 106 heavy (non-hydrogen) atoms. The number of ether oxygens (including phenoxy) is 2. The summed E-state index contributed by atoms with van der Waals surface area (Å²) >= 11 is 0.